The van der Waals surface area contributed by atoms with Crippen molar-refractivity contribution in [1.29, 1.82) is 0 Å². The molecule has 1 aromatic rings. The van der Waals surface area contributed by atoms with Crippen LogP contribution < -0.4 is 16.0 Å². The van der Waals surface area contributed by atoms with Crippen molar-refractivity contribution in [3.05, 3.63) is 35.6 Å². The zero-order valence-electron chi connectivity index (χ0n) is 14.8. The highest BCUT2D eigenvalue weighted by Gasteiger charge is 2.51. The van der Waals surface area contributed by atoms with E-state index in [0.29, 0.717) is 5.56 Å². The zero-order chi connectivity index (χ0) is 19.5. The molecule has 0 radical (unpaired) electrons. The summed E-state index contributed by atoms with van der Waals surface area (Å²) in [6.07, 6.45) is 0.217. The van der Waals surface area contributed by atoms with Gasteiger partial charge in [-0.15, -0.1) is 0 Å². The van der Waals surface area contributed by atoms with Crippen molar-refractivity contribution < 1.29 is 23.6 Å². The summed E-state index contributed by atoms with van der Waals surface area (Å²) in [5.74, 6) is -1.89. The van der Waals surface area contributed by atoms with Gasteiger partial charge in [0.2, 0.25) is 5.91 Å². The third kappa shape index (κ3) is 3.81. The fourth-order valence-corrected chi connectivity index (χ4v) is 2.75. The molecule has 8 nitrogen and oxygen atoms in total. The predicted octanol–water partition coefficient (Wildman–Crippen LogP) is 1.22. The van der Waals surface area contributed by atoms with Gasteiger partial charge in [0.1, 0.15) is 17.9 Å². The molecule has 0 aliphatic carbocycles. The van der Waals surface area contributed by atoms with E-state index in [1.165, 1.54) is 24.3 Å². The fourth-order valence-electron chi connectivity index (χ4n) is 2.75. The Morgan fingerprint density at radius 2 is 1.85 bits per heavy atom. The van der Waals surface area contributed by atoms with Crippen LogP contribution >= 0.6 is 0 Å². The average Bonchev–Trinajstić information content (AvgIpc) is 2.79. The molecule has 2 rings (SSSR count). The summed E-state index contributed by atoms with van der Waals surface area (Å²) in [5, 5.41) is 7.11. The van der Waals surface area contributed by atoms with Crippen molar-refractivity contribution in [1.82, 2.24) is 20.9 Å². The number of hydrogen-bond acceptors (Lipinski definition) is 4. The molecule has 9 heteroatoms. The first-order chi connectivity index (χ1) is 12.2. The van der Waals surface area contributed by atoms with Crippen molar-refractivity contribution in [3.8, 4) is 0 Å². The van der Waals surface area contributed by atoms with E-state index in [1.807, 2.05) is 0 Å². The van der Waals surface area contributed by atoms with Crippen LogP contribution in [0.15, 0.2) is 24.3 Å². The van der Waals surface area contributed by atoms with Gasteiger partial charge in [0.25, 0.3) is 5.91 Å². The van der Waals surface area contributed by atoms with Crippen LogP contribution in [0.1, 0.15) is 32.8 Å². The van der Waals surface area contributed by atoms with Crippen LogP contribution in [0, 0.1) is 5.82 Å². The summed E-state index contributed by atoms with van der Waals surface area (Å²) in [6, 6.07) is 3.58. The molecule has 1 saturated heterocycles. The Labute approximate surface area is 150 Å². The smallest absolute Gasteiger partial charge is 0.325 e. The fraction of sp³-hybridized carbons (Fsp3) is 0.412. The lowest BCUT2D eigenvalue weighted by Crippen LogP contribution is -2.48. The molecule has 1 aliphatic rings. The number of benzene rings is 1. The van der Waals surface area contributed by atoms with E-state index in [4.69, 9.17) is 0 Å². The number of imide groups is 2. The molecule has 6 amide bonds. The summed E-state index contributed by atoms with van der Waals surface area (Å²) >= 11 is 0. The van der Waals surface area contributed by atoms with Crippen molar-refractivity contribution in [3.63, 3.8) is 0 Å². The Hall–Kier alpha value is -2.97. The lowest BCUT2D eigenvalue weighted by Gasteiger charge is -2.25. The highest BCUT2D eigenvalue weighted by Crippen LogP contribution is 2.32. The van der Waals surface area contributed by atoms with Crippen LogP contribution in [0.2, 0.25) is 0 Å². The highest BCUT2D eigenvalue weighted by atomic mass is 19.1. The van der Waals surface area contributed by atoms with Gasteiger partial charge in [-0.05, 0) is 38.0 Å². The monoisotopic (exact) mass is 364 g/mol. The predicted molar refractivity (Wildman–Crippen MR) is 90.4 cm³/mol. The van der Waals surface area contributed by atoms with Crippen molar-refractivity contribution in [2.75, 3.05) is 6.54 Å². The van der Waals surface area contributed by atoms with Gasteiger partial charge in [-0.25, -0.2) is 14.0 Å². The van der Waals surface area contributed by atoms with Gasteiger partial charge in [0, 0.05) is 6.04 Å². The van der Waals surface area contributed by atoms with Crippen LogP contribution in [-0.2, 0) is 15.1 Å². The number of nitrogens with one attached hydrogen (secondary N) is 3. The molecule has 0 spiro atoms. The first kappa shape index (κ1) is 19.4. The maximum absolute atomic E-state index is 13.2. The van der Waals surface area contributed by atoms with Gasteiger partial charge in [-0.3, -0.25) is 19.8 Å². The third-order valence-electron chi connectivity index (χ3n) is 4.02. The first-order valence-electron chi connectivity index (χ1n) is 8.20. The van der Waals surface area contributed by atoms with Gasteiger partial charge >= 0.3 is 12.1 Å². The summed E-state index contributed by atoms with van der Waals surface area (Å²) in [5.41, 5.74) is -0.953. The van der Waals surface area contributed by atoms with Crippen LogP contribution in [0.3, 0.4) is 0 Å². The topological polar surface area (TPSA) is 108 Å². The number of hydrogen-bond donors (Lipinski definition) is 3. The molecule has 1 unspecified atom stereocenters. The van der Waals surface area contributed by atoms with E-state index >= 15 is 0 Å². The molecule has 0 saturated carbocycles. The number of carbonyl (C=O) groups is 4. The number of rotatable bonds is 5. The molecule has 1 aromatic carbocycles. The van der Waals surface area contributed by atoms with E-state index in [0.717, 1.165) is 4.90 Å². The van der Waals surface area contributed by atoms with E-state index in [-0.39, 0.29) is 12.5 Å². The molecule has 1 atom stereocenters. The summed E-state index contributed by atoms with van der Waals surface area (Å²) < 4.78 is 13.2. The van der Waals surface area contributed by atoms with Gasteiger partial charge in [-0.1, -0.05) is 19.1 Å². The minimum atomic E-state index is -1.37. The van der Waals surface area contributed by atoms with Gasteiger partial charge in [0.05, 0.1) is 0 Å². The van der Waals surface area contributed by atoms with Crippen LogP contribution in [0.25, 0.3) is 0 Å². The number of carbonyl (C=O) groups excluding carboxylic acids is 4. The Morgan fingerprint density at radius 3 is 2.38 bits per heavy atom. The van der Waals surface area contributed by atoms with Crippen LogP contribution in [-0.4, -0.2) is 41.4 Å². The normalized spacial score (nSPS) is 19.5. The van der Waals surface area contributed by atoms with Gasteiger partial charge in [0.15, 0.2) is 0 Å². The Kier molecular flexibility index (Phi) is 5.59. The molecular weight excluding hydrogens is 343 g/mol. The molecular formula is C17H21FN4O4. The second kappa shape index (κ2) is 7.51. The van der Waals surface area contributed by atoms with Crippen molar-refractivity contribution in [2.24, 2.45) is 0 Å². The van der Waals surface area contributed by atoms with E-state index in [1.54, 1.807) is 20.8 Å². The van der Waals surface area contributed by atoms with Crippen molar-refractivity contribution >= 4 is 23.9 Å². The lowest BCUT2D eigenvalue weighted by molar-refractivity contribution is -0.135. The number of amides is 6. The number of halogens is 1. The average molecular weight is 364 g/mol. The van der Waals surface area contributed by atoms with E-state index in [2.05, 4.69) is 16.0 Å². The highest BCUT2D eigenvalue weighted by molar-refractivity contribution is 6.10. The maximum atomic E-state index is 13.2. The first-order valence-corrected chi connectivity index (χ1v) is 8.20. The van der Waals surface area contributed by atoms with Gasteiger partial charge < -0.3 is 10.6 Å². The van der Waals surface area contributed by atoms with Crippen LogP contribution in [0.5, 0.6) is 0 Å². The van der Waals surface area contributed by atoms with E-state index < -0.39 is 41.8 Å². The van der Waals surface area contributed by atoms with Crippen LogP contribution in [0.4, 0.5) is 14.0 Å². The Bertz CT molecular complexity index is 735. The summed E-state index contributed by atoms with van der Waals surface area (Å²) in [6.45, 7) is 4.54. The van der Waals surface area contributed by atoms with E-state index in [9.17, 15) is 23.6 Å². The molecule has 1 fully saturated rings. The zero-order valence-corrected chi connectivity index (χ0v) is 14.8. The molecule has 0 bridgehead atoms. The maximum Gasteiger partial charge on any atom is 0.325 e. The minimum absolute atomic E-state index is 0.175. The molecule has 1 aliphatic heterocycles. The standard InChI is InChI=1S/C17H21FN4O4/c1-4-17(11-5-7-12(18)8-6-11)14(24)22(16(26)21-17)9-13(23)20-15(25)19-10(2)3/h5-8,10H,4,9H2,1-3H3,(H,21,26)(H2,19,20,23,25). The Balaban J connectivity index is 2.15. The lowest BCUT2D eigenvalue weighted by atomic mass is 9.87. The van der Waals surface area contributed by atoms with Gasteiger partial charge in [-0.2, -0.15) is 0 Å². The Morgan fingerprint density at radius 1 is 1.23 bits per heavy atom. The molecule has 140 valence electrons. The summed E-state index contributed by atoms with van der Waals surface area (Å²) in [4.78, 5) is 49.3. The summed E-state index contributed by atoms with van der Waals surface area (Å²) in [7, 11) is 0. The molecule has 1 heterocycles. The number of nitrogens with zero attached hydrogens (tertiary/aromatic N) is 1. The molecule has 26 heavy (non-hydrogen) atoms. The third-order valence-corrected chi connectivity index (χ3v) is 4.02. The van der Waals surface area contributed by atoms with Crippen molar-refractivity contribution in [2.45, 2.75) is 38.8 Å². The molecule has 0 aromatic heterocycles. The SMILES string of the molecule is CCC1(c2ccc(F)cc2)NC(=O)N(CC(=O)NC(=O)NC(C)C)C1=O. The minimum Gasteiger partial charge on any atom is -0.336 e. The second-order valence-corrected chi connectivity index (χ2v) is 6.26. The number of urea groups is 2. The largest absolute Gasteiger partial charge is 0.336 e. The quantitative estimate of drug-likeness (QED) is 0.683. The molecule has 3 N–H and O–H groups in total. The second-order valence-electron chi connectivity index (χ2n) is 6.26.